The van der Waals surface area contributed by atoms with Crippen molar-refractivity contribution in [1.82, 2.24) is 15.6 Å². The topological polar surface area (TPSA) is 183 Å². The van der Waals surface area contributed by atoms with Crippen molar-refractivity contribution in [2.24, 2.45) is 5.73 Å². The first kappa shape index (κ1) is 31.2. The number of alkyl halides is 3. The standard InChI is InChI=1S/C29H22F3N7O4S/c30-29(31,32)27(42)43-22-8-2-1-7-18(22)21-14-19(20(15-33)24(38-21)39-26(41)23-9-4-12-44-23)16-5-3-6-17(13-16)25(40)36-10-11-37-28(34)35/h1-9,12-14H,10-11H2,(H,36,40)(H4,34,35,37)(H,38,39,41). The van der Waals surface area contributed by atoms with E-state index in [9.17, 15) is 32.8 Å². The fourth-order valence-corrected chi connectivity index (χ4v) is 4.54. The van der Waals surface area contributed by atoms with Crippen molar-refractivity contribution in [3.05, 3.63) is 88.1 Å². The zero-order valence-corrected chi connectivity index (χ0v) is 23.3. The molecule has 0 saturated carbocycles. The number of esters is 1. The highest BCUT2D eigenvalue weighted by Crippen LogP contribution is 2.37. The third-order valence-corrected chi connectivity index (χ3v) is 6.74. The minimum absolute atomic E-state index is 0.0313. The summed E-state index contributed by atoms with van der Waals surface area (Å²) in [5.74, 6) is -4.42. The lowest BCUT2D eigenvalue weighted by Gasteiger charge is -2.16. The summed E-state index contributed by atoms with van der Waals surface area (Å²) >= 11 is 1.14. The largest absolute Gasteiger partial charge is 0.491 e. The van der Waals surface area contributed by atoms with Gasteiger partial charge in [-0.15, -0.1) is 11.3 Å². The summed E-state index contributed by atoms with van der Waals surface area (Å²) < 4.78 is 43.6. The van der Waals surface area contributed by atoms with Crippen LogP contribution in [-0.4, -0.2) is 48.0 Å². The Kier molecular flexibility index (Phi) is 9.56. The summed E-state index contributed by atoms with van der Waals surface area (Å²) in [7, 11) is 0. The SMILES string of the molecule is N#Cc1c(-c2cccc(C(=O)NCCNC(=N)N)c2)cc(-c2ccccc2OC(=O)C(F)(F)F)nc1NC(=O)c1cccs1. The molecule has 0 fully saturated rings. The van der Waals surface area contributed by atoms with E-state index in [2.05, 4.69) is 25.7 Å². The first-order valence-electron chi connectivity index (χ1n) is 12.6. The van der Waals surface area contributed by atoms with E-state index in [1.807, 2.05) is 6.07 Å². The molecular formula is C29H22F3N7O4S. The maximum Gasteiger partial charge on any atom is 0.491 e. The number of halogens is 3. The van der Waals surface area contributed by atoms with Gasteiger partial charge in [-0.3, -0.25) is 15.0 Å². The molecule has 0 spiro atoms. The molecule has 6 N–H and O–H groups in total. The van der Waals surface area contributed by atoms with Crippen LogP contribution < -0.4 is 26.4 Å². The van der Waals surface area contributed by atoms with E-state index in [-0.39, 0.29) is 52.8 Å². The average molecular weight is 622 g/mol. The molecule has 0 atom stereocenters. The number of nitriles is 1. The Morgan fingerprint density at radius 1 is 0.977 bits per heavy atom. The molecule has 2 amide bonds. The highest BCUT2D eigenvalue weighted by atomic mass is 32.1. The number of hydrogen-bond acceptors (Lipinski definition) is 8. The Bertz CT molecular complexity index is 1770. The van der Waals surface area contributed by atoms with Gasteiger partial charge in [-0.1, -0.05) is 30.3 Å². The van der Waals surface area contributed by atoms with Gasteiger partial charge in [-0.25, -0.2) is 9.78 Å². The lowest BCUT2D eigenvalue weighted by molar-refractivity contribution is -0.189. The number of amides is 2. The summed E-state index contributed by atoms with van der Waals surface area (Å²) in [4.78, 5) is 42.1. The minimum Gasteiger partial charge on any atom is -0.419 e. The fourth-order valence-electron chi connectivity index (χ4n) is 3.92. The number of pyridine rings is 1. The molecule has 0 saturated heterocycles. The van der Waals surface area contributed by atoms with E-state index in [1.54, 1.807) is 29.6 Å². The number of guanidine groups is 1. The van der Waals surface area contributed by atoms with Crippen LogP contribution in [0.3, 0.4) is 0 Å². The summed E-state index contributed by atoms with van der Waals surface area (Å²) in [5.41, 5.74) is 5.81. The van der Waals surface area contributed by atoms with Gasteiger partial charge in [0.15, 0.2) is 11.8 Å². The van der Waals surface area contributed by atoms with Crippen molar-refractivity contribution in [2.45, 2.75) is 6.18 Å². The second-order valence-corrected chi connectivity index (χ2v) is 9.83. The molecule has 0 aliphatic carbocycles. The normalized spacial score (nSPS) is 10.8. The molecule has 15 heteroatoms. The van der Waals surface area contributed by atoms with Crippen molar-refractivity contribution in [3.8, 4) is 34.2 Å². The Balaban J connectivity index is 1.82. The molecule has 0 aliphatic heterocycles. The number of aromatic nitrogens is 1. The van der Waals surface area contributed by atoms with E-state index in [4.69, 9.17) is 11.1 Å². The molecule has 0 bridgehead atoms. The van der Waals surface area contributed by atoms with Gasteiger partial charge in [0.05, 0.1) is 10.6 Å². The Labute approximate surface area is 252 Å². The molecule has 224 valence electrons. The van der Waals surface area contributed by atoms with Gasteiger partial charge < -0.3 is 26.4 Å². The van der Waals surface area contributed by atoms with Crippen molar-refractivity contribution in [2.75, 3.05) is 18.4 Å². The van der Waals surface area contributed by atoms with Crippen LogP contribution in [0.2, 0.25) is 0 Å². The third-order valence-electron chi connectivity index (χ3n) is 5.87. The van der Waals surface area contributed by atoms with Crippen molar-refractivity contribution >= 4 is 40.9 Å². The molecule has 4 rings (SSSR count). The lowest BCUT2D eigenvalue weighted by atomic mass is 9.96. The van der Waals surface area contributed by atoms with E-state index in [0.717, 1.165) is 17.4 Å². The number of rotatable bonds is 9. The van der Waals surface area contributed by atoms with Crippen LogP contribution in [0.25, 0.3) is 22.4 Å². The zero-order chi connectivity index (χ0) is 31.9. The smallest absolute Gasteiger partial charge is 0.419 e. The highest BCUT2D eigenvalue weighted by molar-refractivity contribution is 7.12. The number of nitrogens with zero attached hydrogens (tertiary/aromatic N) is 2. The quantitative estimate of drug-likeness (QED) is 0.0603. The maximum atomic E-state index is 13.0. The second kappa shape index (κ2) is 13.5. The van der Waals surface area contributed by atoms with E-state index < -0.39 is 29.7 Å². The van der Waals surface area contributed by atoms with Crippen molar-refractivity contribution in [3.63, 3.8) is 0 Å². The van der Waals surface area contributed by atoms with Crippen LogP contribution in [0, 0.1) is 16.7 Å². The first-order valence-corrected chi connectivity index (χ1v) is 13.5. The Morgan fingerprint density at radius 3 is 2.41 bits per heavy atom. The number of thiophene rings is 1. The zero-order valence-electron chi connectivity index (χ0n) is 22.5. The highest BCUT2D eigenvalue weighted by Gasteiger charge is 2.41. The van der Waals surface area contributed by atoms with Crippen LogP contribution in [0.4, 0.5) is 19.0 Å². The van der Waals surface area contributed by atoms with E-state index in [1.165, 1.54) is 36.4 Å². The average Bonchev–Trinajstić information content (AvgIpc) is 3.54. The molecule has 4 aromatic rings. The van der Waals surface area contributed by atoms with Crippen LogP contribution in [-0.2, 0) is 4.79 Å². The predicted octanol–water partition coefficient (Wildman–Crippen LogP) is 4.28. The minimum atomic E-state index is -5.26. The van der Waals surface area contributed by atoms with E-state index in [0.29, 0.717) is 10.4 Å². The Hall–Kier alpha value is -5.75. The second-order valence-electron chi connectivity index (χ2n) is 8.88. The van der Waals surface area contributed by atoms with Crippen LogP contribution in [0.5, 0.6) is 5.75 Å². The number of nitrogens with two attached hydrogens (primary N) is 1. The van der Waals surface area contributed by atoms with Gasteiger partial charge in [0.25, 0.3) is 11.8 Å². The first-order chi connectivity index (χ1) is 21.0. The number of para-hydroxylation sites is 1. The molecule has 2 aromatic heterocycles. The molecule has 0 unspecified atom stereocenters. The van der Waals surface area contributed by atoms with Gasteiger partial charge in [-0.2, -0.15) is 18.4 Å². The summed E-state index contributed by atoms with van der Waals surface area (Å²) in [6, 6.07) is 18.1. The molecular weight excluding hydrogens is 599 g/mol. The molecule has 0 radical (unpaired) electrons. The van der Waals surface area contributed by atoms with Crippen LogP contribution in [0.1, 0.15) is 25.6 Å². The number of carbonyl (C=O) groups is 3. The number of ether oxygens (including phenoxy) is 1. The van der Waals surface area contributed by atoms with Gasteiger partial charge in [0.1, 0.15) is 17.4 Å². The number of carbonyl (C=O) groups excluding carboxylic acids is 3. The molecule has 11 nitrogen and oxygen atoms in total. The number of hydrogen-bond donors (Lipinski definition) is 5. The van der Waals surface area contributed by atoms with Gasteiger partial charge in [0, 0.05) is 29.8 Å². The molecule has 2 aromatic carbocycles. The number of benzene rings is 2. The summed E-state index contributed by atoms with van der Waals surface area (Å²) in [6.45, 7) is 0.358. The predicted molar refractivity (Wildman–Crippen MR) is 156 cm³/mol. The van der Waals surface area contributed by atoms with Gasteiger partial charge >= 0.3 is 12.1 Å². The van der Waals surface area contributed by atoms with Crippen molar-refractivity contribution < 1.29 is 32.3 Å². The monoisotopic (exact) mass is 621 g/mol. The lowest BCUT2D eigenvalue weighted by Crippen LogP contribution is -2.37. The fraction of sp³-hybridized carbons (Fsp3) is 0.103. The van der Waals surface area contributed by atoms with Crippen LogP contribution >= 0.6 is 11.3 Å². The van der Waals surface area contributed by atoms with Crippen LogP contribution in [0.15, 0.2) is 72.1 Å². The number of nitrogens with one attached hydrogen (secondary N) is 4. The maximum absolute atomic E-state index is 13.0. The Morgan fingerprint density at radius 2 is 1.73 bits per heavy atom. The molecule has 2 heterocycles. The van der Waals surface area contributed by atoms with Crippen molar-refractivity contribution in [1.29, 1.82) is 10.7 Å². The van der Waals surface area contributed by atoms with E-state index >= 15 is 0 Å². The third kappa shape index (κ3) is 7.55. The van der Waals surface area contributed by atoms with Gasteiger partial charge in [-0.05, 0) is 47.3 Å². The molecule has 44 heavy (non-hydrogen) atoms. The number of anilines is 1. The summed E-state index contributed by atoms with van der Waals surface area (Å²) in [6.07, 6.45) is -5.26. The van der Waals surface area contributed by atoms with Gasteiger partial charge in [0.2, 0.25) is 0 Å². The molecule has 0 aliphatic rings. The summed E-state index contributed by atoms with van der Waals surface area (Å²) in [5, 5.41) is 26.8.